The molecule has 0 unspecified atom stereocenters. The molecule has 130 valence electrons. The van der Waals surface area contributed by atoms with Gasteiger partial charge in [-0.05, 0) is 22.3 Å². The molecule has 4 rings (SSSR count). The van der Waals surface area contributed by atoms with Crippen LogP contribution in [0.2, 0.25) is 0 Å². The largest absolute Gasteiger partial charge is 0.330 e. The third-order valence-corrected chi connectivity index (χ3v) is 4.66. The Kier molecular flexibility index (Phi) is 4.80. The number of benzene rings is 3. The van der Waals surface area contributed by atoms with Gasteiger partial charge in [0.15, 0.2) is 5.69 Å². The molecule has 0 atom stereocenters. The zero-order valence-corrected chi connectivity index (χ0v) is 14.9. The lowest BCUT2D eigenvalue weighted by atomic mass is 10.0. The average molecular weight is 349 g/mol. The highest BCUT2D eigenvalue weighted by Gasteiger charge is 2.05. The van der Waals surface area contributed by atoms with E-state index in [1.807, 2.05) is 42.9 Å². The molecule has 0 N–H and O–H groups in total. The quantitative estimate of drug-likeness (QED) is 0.421. The van der Waals surface area contributed by atoms with Gasteiger partial charge in [0.1, 0.15) is 0 Å². The highest BCUT2D eigenvalue weighted by Crippen LogP contribution is 2.20. The van der Waals surface area contributed by atoms with Gasteiger partial charge >= 0.3 is 0 Å². The Balaban J connectivity index is 1.49. The maximum Gasteiger partial charge on any atom is 0.187 e. The molecule has 0 saturated carbocycles. The summed E-state index contributed by atoms with van der Waals surface area (Å²) in [6.45, 7) is 7.85. The van der Waals surface area contributed by atoms with Gasteiger partial charge in [-0.2, -0.15) is 0 Å². The van der Waals surface area contributed by atoms with Crippen molar-refractivity contribution in [2.75, 3.05) is 0 Å². The summed E-state index contributed by atoms with van der Waals surface area (Å²) in [6, 6.07) is 26.9. The fourth-order valence-electron chi connectivity index (χ4n) is 3.17. The molecule has 3 nitrogen and oxygen atoms in total. The van der Waals surface area contributed by atoms with Crippen molar-refractivity contribution in [2.45, 2.75) is 13.0 Å². The molecular formula is C24H19N3. The number of rotatable bonds is 5. The first kappa shape index (κ1) is 16.8. The number of nitrogens with zero attached hydrogens (tertiary/aromatic N) is 3. The molecule has 0 aliphatic carbocycles. The maximum atomic E-state index is 7.05. The molecular weight excluding hydrogens is 330 g/mol. The summed E-state index contributed by atoms with van der Waals surface area (Å²) in [7, 11) is 0. The summed E-state index contributed by atoms with van der Waals surface area (Å²) in [5.41, 5.74) is 6.73. The normalized spacial score (nSPS) is 10.5. The van der Waals surface area contributed by atoms with Crippen LogP contribution in [0.15, 0.2) is 91.4 Å². The minimum Gasteiger partial charge on any atom is -0.330 e. The predicted molar refractivity (Wildman–Crippen MR) is 109 cm³/mol. The Hall–Kier alpha value is -3.64. The van der Waals surface area contributed by atoms with Crippen LogP contribution in [0, 0.1) is 6.57 Å². The fraction of sp³-hybridized carbons (Fsp3) is 0.0833. The van der Waals surface area contributed by atoms with E-state index in [-0.39, 0.29) is 0 Å². The topological polar surface area (TPSA) is 22.2 Å². The van der Waals surface area contributed by atoms with Gasteiger partial charge in [-0.3, -0.25) is 0 Å². The van der Waals surface area contributed by atoms with Crippen molar-refractivity contribution in [1.82, 2.24) is 9.55 Å². The van der Waals surface area contributed by atoms with Gasteiger partial charge in [-0.25, -0.2) is 9.83 Å². The molecule has 27 heavy (non-hydrogen) atoms. The predicted octanol–water partition coefficient (Wildman–Crippen LogP) is 5.74. The highest BCUT2D eigenvalue weighted by atomic mass is 15.0. The van der Waals surface area contributed by atoms with Crippen LogP contribution in [-0.4, -0.2) is 9.55 Å². The maximum absolute atomic E-state index is 7.05. The fourth-order valence-corrected chi connectivity index (χ4v) is 3.17. The monoisotopic (exact) mass is 349 g/mol. The van der Waals surface area contributed by atoms with Crippen molar-refractivity contribution in [2.24, 2.45) is 0 Å². The van der Waals surface area contributed by atoms with Crippen LogP contribution in [0.25, 0.3) is 16.0 Å². The third-order valence-electron chi connectivity index (χ3n) is 4.66. The van der Waals surface area contributed by atoms with Gasteiger partial charge in [-0.1, -0.05) is 78.9 Å². The van der Waals surface area contributed by atoms with Crippen molar-refractivity contribution in [3.63, 3.8) is 0 Å². The summed E-state index contributed by atoms with van der Waals surface area (Å²) in [4.78, 5) is 7.77. The highest BCUT2D eigenvalue weighted by molar-refractivity contribution is 5.63. The van der Waals surface area contributed by atoms with E-state index in [2.05, 4.69) is 62.9 Å². The summed E-state index contributed by atoms with van der Waals surface area (Å²) in [6.07, 6.45) is 4.61. The number of imidazole rings is 1. The molecule has 1 heterocycles. The van der Waals surface area contributed by atoms with Crippen molar-refractivity contribution in [3.05, 3.63) is 120 Å². The van der Waals surface area contributed by atoms with E-state index in [9.17, 15) is 0 Å². The minimum atomic E-state index is 0.672. The lowest BCUT2D eigenvalue weighted by molar-refractivity contribution is 0.753. The van der Waals surface area contributed by atoms with Crippen LogP contribution in [0.5, 0.6) is 0 Å². The number of hydrogen-bond donors (Lipinski definition) is 0. The Morgan fingerprint density at radius 1 is 0.778 bits per heavy atom. The number of hydrogen-bond acceptors (Lipinski definition) is 1. The van der Waals surface area contributed by atoms with Gasteiger partial charge in [-0.15, -0.1) is 0 Å². The summed E-state index contributed by atoms with van der Waals surface area (Å²) >= 11 is 0. The molecule has 3 heteroatoms. The summed E-state index contributed by atoms with van der Waals surface area (Å²) < 4.78 is 2.18. The van der Waals surface area contributed by atoms with E-state index < -0.39 is 0 Å². The van der Waals surface area contributed by atoms with Crippen LogP contribution in [0.1, 0.15) is 16.8 Å². The molecule has 0 aliphatic heterocycles. The molecule has 0 saturated heterocycles. The van der Waals surface area contributed by atoms with Crippen LogP contribution in [0.3, 0.4) is 0 Å². The second-order valence-corrected chi connectivity index (χ2v) is 6.53. The average Bonchev–Trinajstić information content (AvgIpc) is 3.16. The molecule has 0 fully saturated rings. The van der Waals surface area contributed by atoms with Crippen molar-refractivity contribution in [3.8, 4) is 11.1 Å². The molecule has 0 bridgehead atoms. The number of aromatic nitrogens is 2. The van der Waals surface area contributed by atoms with Gasteiger partial charge in [0, 0.05) is 24.9 Å². The molecule has 0 aliphatic rings. The molecule has 1 aromatic heterocycles. The van der Waals surface area contributed by atoms with Crippen LogP contribution in [0.4, 0.5) is 5.69 Å². The van der Waals surface area contributed by atoms with E-state index in [0.717, 1.165) is 18.7 Å². The first-order valence-corrected chi connectivity index (χ1v) is 8.91. The lowest BCUT2D eigenvalue weighted by Crippen LogP contribution is -2.03. The van der Waals surface area contributed by atoms with Gasteiger partial charge in [0.2, 0.25) is 0 Å². The standard InChI is InChI=1S/C24H19N3/c1-25-23-13-9-19(10-14-23)15-24-16-26-18-27(24)17-20-7-11-22(12-8-20)21-5-3-2-4-6-21/h2-14,16,18H,15,17H2. The Labute approximate surface area is 159 Å². The second kappa shape index (κ2) is 7.72. The van der Waals surface area contributed by atoms with E-state index in [4.69, 9.17) is 6.57 Å². The molecule has 0 radical (unpaired) electrons. The molecule has 3 aromatic carbocycles. The van der Waals surface area contributed by atoms with E-state index in [0.29, 0.717) is 5.69 Å². The second-order valence-electron chi connectivity index (χ2n) is 6.53. The Bertz CT molecular complexity index is 1050. The molecule has 0 amide bonds. The Morgan fingerprint density at radius 2 is 1.44 bits per heavy atom. The zero-order chi connectivity index (χ0) is 18.5. The van der Waals surface area contributed by atoms with Crippen LogP contribution < -0.4 is 0 Å². The minimum absolute atomic E-state index is 0.672. The molecule has 0 spiro atoms. The van der Waals surface area contributed by atoms with E-state index in [1.165, 1.54) is 22.3 Å². The van der Waals surface area contributed by atoms with Crippen molar-refractivity contribution >= 4 is 5.69 Å². The smallest absolute Gasteiger partial charge is 0.187 e. The summed E-state index contributed by atoms with van der Waals surface area (Å²) in [5, 5.41) is 0. The SMILES string of the molecule is [C-]#[N+]c1ccc(Cc2cncn2Cc2ccc(-c3ccccc3)cc2)cc1. The van der Waals surface area contributed by atoms with Gasteiger partial charge in [0.05, 0.1) is 12.9 Å². The van der Waals surface area contributed by atoms with E-state index in [1.54, 1.807) is 0 Å². The van der Waals surface area contributed by atoms with Crippen LogP contribution >= 0.6 is 0 Å². The van der Waals surface area contributed by atoms with Crippen molar-refractivity contribution in [1.29, 1.82) is 0 Å². The van der Waals surface area contributed by atoms with Gasteiger partial charge in [0.25, 0.3) is 0 Å². The zero-order valence-electron chi connectivity index (χ0n) is 14.9. The first-order valence-electron chi connectivity index (χ1n) is 8.91. The first-order chi connectivity index (χ1) is 13.3. The Morgan fingerprint density at radius 3 is 2.15 bits per heavy atom. The lowest BCUT2D eigenvalue weighted by Gasteiger charge is -2.10. The summed E-state index contributed by atoms with van der Waals surface area (Å²) in [5.74, 6) is 0. The van der Waals surface area contributed by atoms with Crippen molar-refractivity contribution < 1.29 is 0 Å². The van der Waals surface area contributed by atoms with Gasteiger partial charge < -0.3 is 4.57 Å². The molecule has 4 aromatic rings. The third kappa shape index (κ3) is 3.96. The van der Waals surface area contributed by atoms with E-state index >= 15 is 0 Å². The van der Waals surface area contributed by atoms with Crippen LogP contribution in [-0.2, 0) is 13.0 Å².